The molecule has 2 heterocycles. The topological polar surface area (TPSA) is 59.2 Å². The van der Waals surface area contributed by atoms with Crippen molar-refractivity contribution in [3.63, 3.8) is 0 Å². The molecular weight excluding hydrogens is 330 g/mol. The van der Waals surface area contributed by atoms with Crippen LogP contribution in [0.4, 0.5) is 0 Å². The quantitative estimate of drug-likeness (QED) is 0.916. The Labute approximate surface area is 147 Å². The number of carbonyl (C=O) groups excluding carboxylic acids is 1. The van der Waals surface area contributed by atoms with Gasteiger partial charge in [-0.15, -0.1) is 23.7 Å². The van der Waals surface area contributed by atoms with E-state index in [0.29, 0.717) is 0 Å². The van der Waals surface area contributed by atoms with Crippen molar-refractivity contribution in [2.45, 2.75) is 38.8 Å². The van der Waals surface area contributed by atoms with E-state index in [2.05, 4.69) is 41.1 Å². The van der Waals surface area contributed by atoms with E-state index >= 15 is 0 Å². The average molecular weight is 352 g/mol. The maximum atomic E-state index is 11.6. The van der Waals surface area contributed by atoms with Crippen LogP contribution < -0.4 is 5.73 Å². The molecule has 2 N–H and O–H groups in total. The van der Waals surface area contributed by atoms with E-state index in [9.17, 15) is 4.79 Å². The summed E-state index contributed by atoms with van der Waals surface area (Å²) in [6.45, 7) is 5.11. The summed E-state index contributed by atoms with van der Waals surface area (Å²) in [4.78, 5) is 19.3. The highest BCUT2D eigenvalue weighted by Crippen LogP contribution is 2.32. The summed E-state index contributed by atoms with van der Waals surface area (Å²) in [5.74, 6) is -0.207. The van der Waals surface area contributed by atoms with Crippen molar-refractivity contribution in [3.8, 4) is 10.4 Å². The number of aryl methyl sites for hydroxylation is 1. The van der Waals surface area contributed by atoms with Gasteiger partial charge in [0.15, 0.2) is 0 Å². The number of likely N-dealkylation sites (tertiary alicyclic amines) is 1. The molecule has 0 spiro atoms. The van der Waals surface area contributed by atoms with Gasteiger partial charge in [-0.3, -0.25) is 9.69 Å². The lowest BCUT2D eigenvalue weighted by Crippen LogP contribution is -2.41. The number of benzene rings is 1. The minimum Gasteiger partial charge on any atom is -0.368 e. The van der Waals surface area contributed by atoms with Crippen LogP contribution in [0.3, 0.4) is 0 Å². The molecule has 4 nitrogen and oxygen atoms in total. The third-order valence-electron chi connectivity index (χ3n) is 4.52. The molecular formula is C17H22ClN3OS. The minimum atomic E-state index is -0.207. The van der Waals surface area contributed by atoms with Gasteiger partial charge in [0, 0.05) is 6.04 Å². The van der Waals surface area contributed by atoms with Gasteiger partial charge in [0.05, 0.1) is 22.1 Å². The van der Waals surface area contributed by atoms with Crippen LogP contribution in [-0.2, 0) is 4.79 Å². The van der Waals surface area contributed by atoms with Crippen molar-refractivity contribution in [1.29, 1.82) is 0 Å². The molecule has 2 atom stereocenters. The Morgan fingerprint density at radius 2 is 2.09 bits per heavy atom. The molecule has 1 fully saturated rings. The summed E-state index contributed by atoms with van der Waals surface area (Å²) < 4.78 is 0. The Balaban J connectivity index is 0.00000192. The molecule has 2 aromatic rings. The number of nitrogens with two attached hydrogens (primary N) is 1. The van der Waals surface area contributed by atoms with E-state index in [0.717, 1.165) is 25.1 Å². The highest BCUT2D eigenvalue weighted by Gasteiger charge is 2.32. The smallest absolute Gasteiger partial charge is 0.234 e. The van der Waals surface area contributed by atoms with Crippen molar-refractivity contribution < 1.29 is 4.79 Å². The molecule has 23 heavy (non-hydrogen) atoms. The molecule has 1 saturated heterocycles. The van der Waals surface area contributed by atoms with Gasteiger partial charge in [-0.05, 0) is 44.4 Å². The molecule has 1 aromatic heterocycles. The zero-order valence-electron chi connectivity index (χ0n) is 13.4. The lowest BCUT2D eigenvalue weighted by atomic mass is 10.0. The molecule has 3 rings (SSSR count). The first-order valence-electron chi connectivity index (χ1n) is 7.63. The third-order valence-corrected chi connectivity index (χ3v) is 5.50. The van der Waals surface area contributed by atoms with Crippen LogP contribution in [-0.4, -0.2) is 28.4 Å². The van der Waals surface area contributed by atoms with Crippen LogP contribution in [0.2, 0.25) is 0 Å². The summed E-state index contributed by atoms with van der Waals surface area (Å²) >= 11 is 1.66. The van der Waals surface area contributed by atoms with Gasteiger partial charge >= 0.3 is 0 Å². The summed E-state index contributed by atoms with van der Waals surface area (Å²) in [6, 6.07) is 8.66. The number of primary amides is 1. The number of nitrogens with zero attached hydrogens (tertiary/aromatic N) is 2. The molecule has 6 heteroatoms. The van der Waals surface area contributed by atoms with Gasteiger partial charge < -0.3 is 5.73 Å². The van der Waals surface area contributed by atoms with Crippen molar-refractivity contribution in [2.75, 3.05) is 6.54 Å². The minimum absolute atomic E-state index is 0. The fraction of sp³-hybridized carbons (Fsp3) is 0.412. The molecule has 1 aromatic carbocycles. The molecule has 1 amide bonds. The van der Waals surface area contributed by atoms with Crippen LogP contribution in [0.15, 0.2) is 29.8 Å². The Hall–Kier alpha value is -1.43. The van der Waals surface area contributed by atoms with Crippen molar-refractivity contribution >= 4 is 29.7 Å². The Bertz CT molecular complexity index is 671. The summed E-state index contributed by atoms with van der Waals surface area (Å²) in [6.07, 6.45) is 1.91. The Morgan fingerprint density at radius 3 is 2.65 bits per heavy atom. The van der Waals surface area contributed by atoms with Gasteiger partial charge in [0.1, 0.15) is 0 Å². The molecule has 1 unspecified atom stereocenters. The monoisotopic (exact) mass is 351 g/mol. The van der Waals surface area contributed by atoms with Gasteiger partial charge in [-0.2, -0.15) is 0 Å². The zero-order chi connectivity index (χ0) is 15.7. The molecule has 0 radical (unpaired) electrons. The predicted octanol–water partition coefficient (Wildman–Crippen LogP) is 3.55. The Kier molecular flexibility index (Phi) is 5.79. The van der Waals surface area contributed by atoms with Gasteiger partial charge in [-0.1, -0.05) is 24.3 Å². The summed E-state index contributed by atoms with van der Waals surface area (Å²) in [7, 11) is 0. The van der Waals surface area contributed by atoms with E-state index in [1.807, 2.05) is 12.4 Å². The van der Waals surface area contributed by atoms with Crippen LogP contribution in [0.5, 0.6) is 0 Å². The normalized spacial score (nSPS) is 19.3. The molecule has 124 valence electrons. The highest BCUT2D eigenvalue weighted by molar-refractivity contribution is 7.13. The first-order chi connectivity index (χ1) is 10.6. The maximum Gasteiger partial charge on any atom is 0.234 e. The lowest BCUT2D eigenvalue weighted by Gasteiger charge is -2.29. The van der Waals surface area contributed by atoms with Crippen molar-refractivity contribution in [1.82, 2.24) is 9.88 Å². The lowest BCUT2D eigenvalue weighted by molar-refractivity contribution is -0.122. The maximum absolute atomic E-state index is 11.6. The SMILES string of the molecule is Cc1ncsc1-c1ccc([C@@H](C)N2CCCC2C(N)=O)cc1.Cl. The summed E-state index contributed by atoms with van der Waals surface area (Å²) in [5, 5.41) is 0. The number of hydrogen-bond acceptors (Lipinski definition) is 4. The highest BCUT2D eigenvalue weighted by atomic mass is 35.5. The molecule has 0 bridgehead atoms. The molecule has 1 aliphatic heterocycles. The number of hydrogen-bond donors (Lipinski definition) is 1. The average Bonchev–Trinajstić information content (AvgIpc) is 3.15. The fourth-order valence-corrected chi connectivity index (χ4v) is 4.05. The standard InChI is InChI=1S/C17H21N3OS.ClH/c1-11-16(22-10-19-11)14-7-5-13(6-8-14)12(2)20-9-3-4-15(20)17(18)21;/h5-8,10,12,15H,3-4,9H2,1-2H3,(H2,18,21);1H/t12-,15?;/m1./s1. The molecule has 1 aliphatic rings. The van der Waals surface area contributed by atoms with E-state index in [1.165, 1.54) is 16.0 Å². The van der Waals surface area contributed by atoms with E-state index in [4.69, 9.17) is 5.73 Å². The van der Waals surface area contributed by atoms with Crippen LogP contribution in [0.25, 0.3) is 10.4 Å². The second-order valence-electron chi connectivity index (χ2n) is 5.86. The number of carbonyl (C=O) groups is 1. The zero-order valence-corrected chi connectivity index (χ0v) is 15.0. The number of thiazole rings is 1. The first-order valence-corrected chi connectivity index (χ1v) is 8.51. The van der Waals surface area contributed by atoms with Crippen molar-refractivity contribution in [2.24, 2.45) is 5.73 Å². The van der Waals surface area contributed by atoms with Gasteiger partial charge in [-0.25, -0.2) is 4.98 Å². The van der Waals surface area contributed by atoms with Crippen LogP contribution in [0.1, 0.15) is 37.1 Å². The Morgan fingerprint density at radius 1 is 1.39 bits per heavy atom. The van der Waals surface area contributed by atoms with Crippen LogP contribution >= 0.6 is 23.7 Å². The van der Waals surface area contributed by atoms with Crippen LogP contribution in [0, 0.1) is 6.92 Å². The fourth-order valence-electron chi connectivity index (χ4n) is 3.24. The second-order valence-corrected chi connectivity index (χ2v) is 6.72. The number of halogens is 1. The third kappa shape index (κ3) is 3.57. The first kappa shape index (κ1) is 17.9. The summed E-state index contributed by atoms with van der Waals surface area (Å²) in [5.41, 5.74) is 10.9. The number of amides is 1. The molecule has 0 saturated carbocycles. The number of aromatic nitrogens is 1. The van der Waals surface area contributed by atoms with Gasteiger partial charge in [0.25, 0.3) is 0 Å². The van der Waals surface area contributed by atoms with E-state index in [-0.39, 0.29) is 30.4 Å². The molecule has 0 aliphatic carbocycles. The van der Waals surface area contributed by atoms with Gasteiger partial charge in [0.2, 0.25) is 5.91 Å². The van der Waals surface area contributed by atoms with E-state index < -0.39 is 0 Å². The second kappa shape index (κ2) is 7.43. The largest absolute Gasteiger partial charge is 0.368 e. The van der Waals surface area contributed by atoms with Crippen molar-refractivity contribution in [3.05, 3.63) is 41.0 Å². The number of rotatable bonds is 4. The van der Waals surface area contributed by atoms with E-state index in [1.54, 1.807) is 11.3 Å². The predicted molar refractivity (Wildman–Crippen MR) is 96.9 cm³/mol.